The zero-order valence-electron chi connectivity index (χ0n) is 3.46. The average molecular weight is 162 g/mol. The van der Waals surface area contributed by atoms with Crippen LogP contribution in [0, 0.1) is 6.26 Å². The molecule has 0 saturated heterocycles. The van der Waals surface area contributed by atoms with Gasteiger partial charge in [-0.15, -0.1) is 0 Å². The van der Waals surface area contributed by atoms with Gasteiger partial charge in [-0.05, 0) is 0 Å². The fraction of sp³-hybridized carbons (Fsp3) is 0.667. The Morgan fingerprint density at radius 3 is 2.14 bits per heavy atom. The van der Waals surface area contributed by atoms with E-state index in [-0.39, 0.29) is 5.75 Å². The fourth-order valence-corrected chi connectivity index (χ4v) is 0.810. The van der Waals surface area contributed by atoms with Crippen molar-refractivity contribution >= 4 is 35.0 Å². The molecule has 0 aromatic rings. The van der Waals surface area contributed by atoms with Crippen LogP contribution < -0.4 is 0 Å². The third kappa shape index (κ3) is 6.86. The van der Waals surface area contributed by atoms with Crippen LogP contribution in [-0.4, -0.2) is 10.3 Å². The minimum absolute atomic E-state index is 0.0100. The molecule has 0 aliphatic carbocycles. The van der Waals surface area contributed by atoms with Crippen LogP contribution >= 0.6 is 35.0 Å². The molecule has 43 valence electrons. The van der Waals surface area contributed by atoms with E-state index in [1.165, 1.54) is 0 Å². The lowest BCUT2D eigenvalue weighted by Crippen LogP contribution is -2.05. The van der Waals surface area contributed by atoms with E-state index in [1.807, 2.05) is 0 Å². The molecule has 0 aromatic carbocycles. The number of alkyl halides is 3. The average Bonchev–Trinajstić information content (AvgIpc) is 1.30. The zero-order valence-corrected chi connectivity index (χ0v) is 5.78. The molecule has 0 aliphatic heterocycles. The van der Waals surface area contributed by atoms with Crippen molar-refractivity contribution in [2.75, 3.05) is 5.75 Å². The van der Waals surface area contributed by atoms with Gasteiger partial charge in [-0.2, -0.15) is 11.8 Å². The maximum atomic E-state index is 11.9. The van der Waals surface area contributed by atoms with Crippen LogP contribution in [0.1, 0.15) is 0 Å². The molecule has 0 atom stereocenters. The van der Waals surface area contributed by atoms with Gasteiger partial charge in [0.05, 0.1) is 5.75 Å². The van der Waals surface area contributed by atoms with E-state index in [0.717, 1.165) is 11.8 Å². The molecule has 0 bridgehead atoms. The van der Waals surface area contributed by atoms with Crippen LogP contribution in [0.5, 0.6) is 0 Å². The standard InChI is InChI=1S/C3H4Cl2FS/c1-7-2-3(4,5)6/h1-2H2. The molecule has 0 N–H and O–H groups in total. The molecule has 0 heterocycles. The van der Waals surface area contributed by atoms with Gasteiger partial charge in [-0.25, -0.2) is 4.39 Å². The summed E-state index contributed by atoms with van der Waals surface area (Å²) in [5.41, 5.74) is 0. The normalized spacial score (nSPS) is 12.0. The highest BCUT2D eigenvalue weighted by Crippen LogP contribution is 2.26. The molecular formula is C3H4Cl2FS. The fourth-order valence-electron chi connectivity index (χ4n) is 0.116. The van der Waals surface area contributed by atoms with Gasteiger partial charge in [0.2, 0.25) is 0 Å². The van der Waals surface area contributed by atoms with Crippen LogP contribution in [0.4, 0.5) is 4.39 Å². The Morgan fingerprint density at radius 1 is 1.71 bits per heavy atom. The largest absolute Gasteiger partial charge is 0.266 e. The smallest absolute Gasteiger partial charge is 0.207 e. The molecule has 0 amide bonds. The molecule has 0 rings (SSSR count). The van der Waals surface area contributed by atoms with Gasteiger partial charge in [-0.1, -0.05) is 23.2 Å². The van der Waals surface area contributed by atoms with Crippen molar-refractivity contribution in [1.82, 2.24) is 0 Å². The molecular weight excluding hydrogens is 158 g/mol. The predicted molar refractivity (Wildman–Crippen MR) is 33.4 cm³/mol. The van der Waals surface area contributed by atoms with E-state index in [0.29, 0.717) is 0 Å². The van der Waals surface area contributed by atoms with Gasteiger partial charge >= 0.3 is 0 Å². The van der Waals surface area contributed by atoms with Crippen LogP contribution in [-0.2, 0) is 0 Å². The highest BCUT2D eigenvalue weighted by Gasteiger charge is 2.19. The zero-order chi connectivity index (χ0) is 5.91. The van der Waals surface area contributed by atoms with Crippen LogP contribution in [0.2, 0.25) is 0 Å². The quantitative estimate of drug-likeness (QED) is 0.562. The summed E-state index contributed by atoms with van der Waals surface area (Å²) in [6.07, 6.45) is 3.28. The minimum atomic E-state index is -2.10. The first-order chi connectivity index (χ1) is 3.06. The van der Waals surface area contributed by atoms with Crippen molar-refractivity contribution in [3.8, 4) is 0 Å². The third-order valence-corrected chi connectivity index (χ3v) is 1.45. The Labute approximate surface area is 56.4 Å². The highest BCUT2D eigenvalue weighted by atomic mass is 35.5. The summed E-state index contributed by atoms with van der Waals surface area (Å²) in [4.78, 5) is 0. The summed E-state index contributed by atoms with van der Waals surface area (Å²) >= 11 is 10.8. The molecule has 0 fully saturated rings. The summed E-state index contributed by atoms with van der Waals surface area (Å²) in [6.45, 7) is 0. The number of thioether (sulfide) groups is 1. The lowest BCUT2D eigenvalue weighted by Gasteiger charge is -2.03. The molecule has 0 spiro atoms. The number of rotatable bonds is 2. The Bertz CT molecular complexity index is 51.4. The monoisotopic (exact) mass is 161 g/mol. The summed E-state index contributed by atoms with van der Waals surface area (Å²) in [5, 5.41) is 0. The molecule has 7 heavy (non-hydrogen) atoms. The molecule has 0 aromatic heterocycles. The first-order valence-corrected chi connectivity index (χ1v) is 3.41. The lowest BCUT2D eigenvalue weighted by atomic mass is 10.9. The minimum Gasteiger partial charge on any atom is -0.207 e. The van der Waals surface area contributed by atoms with E-state index in [4.69, 9.17) is 23.2 Å². The first kappa shape index (κ1) is 7.86. The summed E-state index contributed by atoms with van der Waals surface area (Å²) in [6, 6.07) is 0. The highest BCUT2D eigenvalue weighted by molar-refractivity contribution is 8.00. The molecule has 4 heteroatoms. The van der Waals surface area contributed by atoms with Crippen LogP contribution in [0.15, 0.2) is 0 Å². The van der Waals surface area contributed by atoms with E-state index >= 15 is 0 Å². The summed E-state index contributed by atoms with van der Waals surface area (Å²) in [5.74, 6) is 0.0100. The maximum Gasteiger partial charge on any atom is 0.266 e. The van der Waals surface area contributed by atoms with Gasteiger partial charge in [0.25, 0.3) is 4.59 Å². The number of hydrogen-bond acceptors (Lipinski definition) is 1. The topological polar surface area (TPSA) is 0 Å². The Kier molecular flexibility index (Phi) is 3.37. The Balaban J connectivity index is 3.15. The van der Waals surface area contributed by atoms with Crippen LogP contribution in [0.25, 0.3) is 0 Å². The second-order valence-electron chi connectivity index (χ2n) is 0.964. The molecule has 0 nitrogen and oxygen atoms in total. The second-order valence-corrected chi connectivity index (χ2v) is 3.05. The number of hydrogen-bond donors (Lipinski definition) is 0. The molecule has 0 saturated carbocycles. The maximum absolute atomic E-state index is 11.9. The van der Waals surface area contributed by atoms with Gasteiger partial charge in [0, 0.05) is 6.26 Å². The van der Waals surface area contributed by atoms with E-state index in [2.05, 4.69) is 6.26 Å². The van der Waals surface area contributed by atoms with Crippen molar-refractivity contribution in [3.63, 3.8) is 0 Å². The van der Waals surface area contributed by atoms with E-state index in [1.54, 1.807) is 0 Å². The van der Waals surface area contributed by atoms with E-state index in [9.17, 15) is 4.39 Å². The van der Waals surface area contributed by atoms with Crippen molar-refractivity contribution in [1.29, 1.82) is 0 Å². The molecule has 0 aliphatic rings. The predicted octanol–water partition coefficient (Wildman–Crippen LogP) is 2.61. The number of halogens is 3. The second kappa shape index (κ2) is 3.00. The van der Waals surface area contributed by atoms with Crippen molar-refractivity contribution in [3.05, 3.63) is 6.26 Å². The van der Waals surface area contributed by atoms with Crippen LogP contribution in [0.3, 0.4) is 0 Å². The summed E-state index contributed by atoms with van der Waals surface area (Å²) in [7, 11) is 0. The van der Waals surface area contributed by atoms with Crippen molar-refractivity contribution < 1.29 is 4.39 Å². The third-order valence-electron chi connectivity index (χ3n) is 0.266. The Hall–Kier alpha value is 0.860. The van der Waals surface area contributed by atoms with Crippen molar-refractivity contribution in [2.45, 2.75) is 4.59 Å². The van der Waals surface area contributed by atoms with Gasteiger partial charge in [0.15, 0.2) is 0 Å². The van der Waals surface area contributed by atoms with Crippen molar-refractivity contribution in [2.24, 2.45) is 0 Å². The van der Waals surface area contributed by atoms with Gasteiger partial charge in [0.1, 0.15) is 0 Å². The molecule has 1 radical (unpaired) electrons. The SMILES string of the molecule is [CH2]SCC(F)(Cl)Cl. The first-order valence-electron chi connectivity index (χ1n) is 1.50. The van der Waals surface area contributed by atoms with E-state index < -0.39 is 4.59 Å². The molecule has 0 unspecified atom stereocenters. The van der Waals surface area contributed by atoms with Gasteiger partial charge in [-0.3, -0.25) is 0 Å². The Morgan fingerprint density at radius 2 is 2.14 bits per heavy atom. The lowest BCUT2D eigenvalue weighted by molar-refractivity contribution is 0.430. The summed E-state index contributed by atoms with van der Waals surface area (Å²) < 4.78 is 9.75. The van der Waals surface area contributed by atoms with Gasteiger partial charge < -0.3 is 0 Å².